The van der Waals surface area contributed by atoms with E-state index in [1.165, 1.54) is 6.07 Å². The number of nitrogens with zero attached hydrogens (tertiary/aromatic N) is 7. The van der Waals surface area contributed by atoms with E-state index in [0.29, 0.717) is 34.8 Å². The fourth-order valence-electron chi connectivity index (χ4n) is 5.87. The first-order chi connectivity index (χ1) is 18.6. The lowest BCUT2D eigenvalue weighted by Gasteiger charge is -2.44. The van der Waals surface area contributed by atoms with E-state index >= 15 is 0 Å². The Balaban J connectivity index is 1.34. The molecule has 1 fully saturated rings. The zero-order chi connectivity index (χ0) is 27.8. The highest BCUT2D eigenvalue weighted by molar-refractivity contribution is 5.83. The third-order valence-corrected chi connectivity index (χ3v) is 7.47. The maximum absolute atomic E-state index is 15.0. The first-order valence-corrected chi connectivity index (χ1v) is 13.6. The summed E-state index contributed by atoms with van der Waals surface area (Å²) in [6.45, 7) is 16.5. The number of pyridine rings is 1. The third-order valence-electron chi connectivity index (χ3n) is 7.47. The van der Waals surface area contributed by atoms with Crippen molar-refractivity contribution in [1.29, 1.82) is 0 Å². The summed E-state index contributed by atoms with van der Waals surface area (Å²) in [5.74, 6) is 0.266. The molecule has 206 valence electrons. The maximum atomic E-state index is 15.0. The largest absolute Gasteiger partial charge is 0.326 e. The Hall–Kier alpha value is -3.50. The Morgan fingerprint density at radius 3 is 2.38 bits per heavy atom. The quantitative estimate of drug-likeness (QED) is 0.325. The highest BCUT2D eigenvalue weighted by atomic mass is 19.1. The number of benzene rings is 1. The van der Waals surface area contributed by atoms with E-state index in [-0.39, 0.29) is 23.2 Å². The van der Waals surface area contributed by atoms with Crippen LogP contribution >= 0.6 is 0 Å². The van der Waals surface area contributed by atoms with Crippen LogP contribution in [0.4, 0.5) is 20.5 Å². The number of nitrogens with one attached hydrogen (secondary N) is 1. The fraction of sp³-hybridized carbons (Fsp3) is 0.448. The van der Waals surface area contributed by atoms with Crippen molar-refractivity contribution in [1.82, 2.24) is 34.3 Å². The van der Waals surface area contributed by atoms with Gasteiger partial charge in [0.15, 0.2) is 11.6 Å². The van der Waals surface area contributed by atoms with E-state index in [1.54, 1.807) is 6.07 Å². The van der Waals surface area contributed by atoms with Crippen LogP contribution in [0, 0.1) is 18.6 Å². The lowest BCUT2D eigenvalue weighted by Crippen LogP contribution is -2.56. The van der Waals surface area contributed by atoms with Gasteiger partial charge in [-0.1, -0.05) is 13.0 Å². The van der Waals surface area contributed by atoms with Crippen LogP contribution in [0.2, 0.25) is 0 Å². The number of likely N-dealkylation sites (N-methyl/N-ethyl adjacent to an activating group) is 1. The zero-order valence-corrected chi connectivity index (χ0v) is 23.4. The van der Waals surface area contributed by atoms with Crippen molar-refractivity contribution in [3.05, 3.63) is 59.7 Å². The Labute approximate surface area is 228 Å². The lowest BCUT2D eigenvalue weighted by molar-refractivity contribution is 0.0391. The first-order valence-electron chi connectivity index (χ1n) is 13.6. The second kappa shape index (κ2) is 10.9. The molecule has 0 aliphatic carbocycles. The monoisotopic (exact) mass is 534 g/mol. The predicted molar refractivity (Wildman–Crippen MR) is 150 cm³/mol. The van der Waals surface area contributed by atoms with Gasteiger partial charge in [0.25, 0.3) is 0 Å². The molecule has 4 heterocycles. The van der Waals surface area contributed by atoms with Gasteiger partial charge in [-0.2, -0.15) is 0 Å². The summed E-state index contributed by atoms with van der Waals surface area (Å²) in [5.41, 5.74) is 2.31. The highest BCUT2D eigenvalue weighted by Crippen LogP contribution is 2.30. The summed E-state index contributed by atoms with van der Waals surface area (Å²) in [7, 11) is 0. The van der Waals surface area contributed by atoms with E-state index in [4.69, 9.17) is 0 Å². The number of aromatic nitrogens is 5. The van der Waals surface area contributed by atoms with Gasteiger partial charge >= 0.3 is 0 Å². The van der Waals surface area contributed by atoms with Gasteiger partial charge in [0.05, 0.1) is 11.7 Å². The average Bonchev–Trinajstić information content (AvgIpc) is 3.23. The summed E-state index contributed by atoms with van der Waals surface area (Å²) < 4.78 is 31.8. The van der Waals surface area contributed by atoms with Crippen LogP contribution in [0.1, 0.15) is 52.0 Å². The number of piperazine rings is 1. The van der Waals surface area contributed by atoms with Gasteiger partial charge in [-0.3, -0.25) is 9.80 Å². The molecule has 0 amide bonds. The second-order valence-corrected chi connectivity index (χ2v) is 10.7. The summed E-state index contributed by atoms with van der Waals surface area (Å²) >= 11 is 0. The van der Waals surface area contributed by atoms with Gasteiger partial charge < -0.3 is 9.88 Å². The molecule has 1 aromatic carbocycles. The molecule has 5 rings (SSSR count). The van der Waals surface area contributed by atoms with Crippen LogP contribution in [0.5, 0.6) is 0 Å². The molecular formula is C29H36F2N8. The van der Waals surface area contributed by atoms with E-state index in [1.807, 2.05) is 43.7 Å². The van der Waals surface area contributed by atoms with E-state index in [2.05, 4.69) is 55.8 Å². The molecule has 4 aromatic rings. The Morgan fingerprint density at radius 1 is 1.00 bits per heavy atom. The molecule has 1 aliphatic rings. The van der Waals surface area contributed by atoms with Crippen molar-refractivity contribution in [3.63, 3.8) is 0 Å². The van der Waals surface area contributed by atoms with Crippen LogP contribution < -0.4 is 5.32 Å². The van der Waals surface area contributed by atoms with E-state index < -0.39 is 11.6 Å². The van der Waals surface area contributed by atoms with Crippen molar-refractivity contribution in [2.24, 2.45) is 0 Å². The van der Waals surface area contributed by atoms with Gasteiger partial charge in [-0.05, 0) is 64.9 Å². The number of imidazole rings is 1. The molecular weight excluding hydrogens is 498 g/mol. The first kappa shape index (κ1) is 27.1. The minimum atomic E-state index is -0.637. The van der Waals surface area contributed by atoms with Crippen molar-refractivity contribution < 1.29 is 8.78 Å². The molecule has 1 aliphatic heterocycles. The fourth-order valence-corrected chi connectivity index (χ4v) is 5.87. The molecule has 10 heteroatoms. The number of rotatable bonds is 7. The minimum Gasteiger partial charge on any atom is -0.326 e. The van der Waals surface area contributed by atoms with E-state index in [0.717, 1.165) is 37.9 Å². The molecule has 1 saturated heterocycles. The standard InChI is InChI=1S/C29H36F2N8/c1-7-38-18(4)14-37(15-19(38)5)16-21-8-9-26(32-12-21)35-29-33-13-24(31)27(36-29)22-10-23(30)28-25(11-22)39(17(2)3)20(6)34-28/h8-13,17-19H,7,14-16H2,1-6H3,(H,32,33,35,36)/t18-,19?/m1/s1. The summed E-state index contributed by atoms with van der Waals surface area (Å²) in [6, 6.07) is 7.99. The number of halogens is 2. The molecule has 3 aromatic heterocycles. The van der Waals surface area contributed by atoms with Gasteiger partial charge in [-0.15, -0.1) is 0 Å². The van der Waals surface area contributed by atoms with Gasteiger partial charge in [0.2, 0.25) is 5.95 Å². The number of fused-ring (bicyclic) bond motifs is 1. The topological polar surface area (TPSA) is 75.0 Å². The molecule has 0 radical (unpaired) electrons. The minimum absolute atomic E-state index is 0.00791. The lowest BCUT2D eigenvalue weighted by atomic mass is 10.1. The van der Waals surface area contributed by atoms with Gasteiger partial charge in [0.1, 0.15) is 22.9 Å². The van der Waals surface area contributed by atoms with Gasteiger partial charge in [-0.25, -0.2) is 28.7 Å². The SMILES string of the molecule is CCN1C(C)CN(Cc2ccc(Nc3ncc(F)c(-c4cc(F)c5nc(C)n(C(C)C)c5c4)n3)nc2)C[C@H]1C. The Morgan fingerprint density at radius 2 is 1.74 bits per heavy atom. The Bertz CT molecular complexity index is 1450. The summed E-state index contributed by atoms with van der Waals surface area (Å²) in [5, 5.41) is 3.05. The number of anilines is 2. The van der Waals surface area contributed by atoms with Crippen molar-refractivity contribution >= 4 is 22.8 Å². The van der Waals surface area contributed by atoms with Crippen molar-refractivity contribution in [2.75, 3.05) is 25.0 Å². The molecule has 0 bridgehead atoms. The molecule has 0 spiro atoms. The highest BCUT2D eigenvalue weighted by Gasteiger charge is 2.28. The maximum Gasteiger partial charge on any atom is 0.229 e. The predicted octanol–water partition coefficient (Wildman–Crippen LogP) is 5.71. The molecule has 8 nitrogen and oxygen atoms in total. The average molecular weight is 535 g/mol. The van der Waals surface area contributed by atoms with Crippen LogP contribution in [0.15, 0.2) is 36.7 Å². The number of hydrogen-bond donors (Lipinski definition) is 1. The second-order valence-electron chi connectivity index (χ2n) is 10.7. The van der Waals surface area contributed by atoms with Crippen LogP contribution in [0.25, 0.3) is 22.3 Å². The van der Waals surface area contributed by atoms with Crippen molar-refractivity contribution in [3.8, 4) is 11.3 Å². The van der Waals surface area contributed by atoms with Crippen LogP contribution in [0.3, 0.4) is 0 Å². The van der Waals surface area contributed by atoms with Gasteiger partial charge in [0, 0.05) is 49.5 Å². The number of hydrogen-bond acceptors (Lipinski definition) is 7. The van der Waals surface area contributed by atoms with Crippen LogP contribution in [-0.4, -0.2) is 66.0 Å². The third kappa shape index (κ3) is 5.49. The molecule has 39 heavy (non-hydrogen) atoms. The summed E-state index contributed by atoms with van der Waals surface area (Å²) in [6.07, 6.45) is 2.93. The zero-order valence-electron chi connectivity index (χ0n) is 23.4. The molecule has 0 saturated carbocycles. The normalized spacial score (nSPS) is 18.8. The molecule has 1 N–H and O–H groups in total. The van der Waals surface area contributed by atoms with Crippen LogP contribution in [-0.2, 0) is 6.54 Å². The molecule has 2 atom stereocenters. The smallest absolute Gasteiger partial charge is 0.229 e. The summed E-state index contributed by atoms with van der Waals surface area (Å²) in [4.78, 5) is 22.3. The number of aryl methyl sites for hydroxylation is 1. The van der Waals surface area contributed by atoms with Crippen molar-refractivity contribution in [2.45, 2.75) is 66.2 Å². The Kier molecular flexibility index (Phi) is 7.59. The molecule has 1 unspecified atom stereocenters. The van der Waals surface area contributed by atoms with E-state index in [9.17, 15) is 8.78 Å².